The molecule has 0 radical (unpaired) electrons. The van der Waals surface area contributed by atoms with Crippen LogP contribution in [0.2, 0.25) is 0 Å². The standard InChI is InChI=1S/C14H14N2O3/c1-2-3-8-15-14(19)16-9-11(13(17)18)10-6-4-5-7-12(10)16/h4-7,11H,8-9H2,1H3,(H,15,19)(H,17,18). The first kappa shape index (κ1) is 13.0. The first-order valence-corrected chi connectivity index (χ1v) is 5.92. The third-order valence-electron chi connectivity index (χ3n) is 3.02. The summed E-state index contributed by atoms with van der Waals surface area (Å²) >= 11 is 0. The summed E-state index contributed by atoms with van der Waals surface area (Å²) in [6.45, 7) is 2.10. The molecule has 5 nitrogen and oxygen atoms in total. The summed E-state index contributed by atoms with van der Waals surface area (Å²) in [7, 11) is 0. The van der Waals surface area contributed by atoms with E-state index in [1.807, 2.05) is 0 Å². The Morgan fingerprint density at radius 1 is 1.47 bits per heavy atom. The molecule has 1 aromatic carbocycles. The van der Waals surface area contributed by atoms with Crippen molar-refractivity contribution in [1.29, 1.82) is 0 Å². The van der Waals surface area contributed by atoms with Crippen LogP contribution in [0.15, 0.2) is 24.3 Å². The number of carbonyl (C=O) groups excluding carboxylic acids is 1. The van der Waals surface area contributed by atoms with Gasteiger partial charge < -0.3 is 10.4 Å². The largest absolute Gasteiger partial charge is 0.481 e. The smallest absolute Gasteiger partial charge is 0.322 e. The predicted molar refractivity (Wildman–Crippen MR) is 71.0 cm³/mol. The van der Waals surface area contributed by atoms with Gasteiger partial charge in [-0.15, -0.1) is 5.92 Å². The number of carbonyl (C=O) groups is 2. The van der Waals surface area contributed by atoms with Gasteiger partial charge in [0.05, 0.1) is 6.54 Å². The van der Waals surface area contributed by atoms with E-state index in [2.05, 4.69) is 17.2 Å². The second-order valence-electron chi connectivity index (χ2n) is 4.15. The van der Waals surface area contributed by atoms with E-state index >= 15 is 0 Å². The maximum Gasteiger partial charge on any atom is 0.322 e. The molecule has 5 heteroatoms. The molecule has 0 bridgehead atoms. The number of carboxylic acids is 1. The van der Waals surface area contributed by atoms with Crippen LogP contribution in [-0.2, 0) is 4.79 Å². The van der Waals surface area contributed by atoms with Crippen LogP contribution in [-0.4, -0.2) is 30.2 Å². The lowest BCUT2D eigenvalue weighted by Gasteiger charge is -2.17. The van der Waals surface area contributed by atoms with Crippen molar-refractivity contribution >= 4 is 17.7 Å². The van der Waals surface area contributed by atoms with Gasteiger partial charge in [0.25, 0.3) is 0 Å². The summed E-state index contributed by atoms with van der Waals surface area (Å²) in [6, 6.07) is 6.74. The summed E-state index contributed by atoms with van der Waals surface area (Å²) in [4.78, 5) is 24.7. The molecule has 0 spiro atoms. The van der Waals surface area contributed by atoms with Crippen molar-refractivity contribution in [2.75, 3.05) is 18.0 Å². The van der Waals surface area contributed by atoms with Crippen LogP contribution in [0, 0.1) is 11.8 Å². The summed E-state index contributed by atoms with van der Waals surface area (Å²) in [5, 5.41) is 11.8. The van der Waals surface area contributed by atoms with Gasteiger partial charge in [-0.2, -0.15) is 0 Å². The topological polar surface area (TPSA) is 69.6 Å². The number of carboxylic acid groups (broad SMARTS) is 1. The molecule has 2 rings (SSSR count). The average Bonchev–Trinajstić information content (AvgIpc) is 2.78. The van der Waals surface area contributed by atoms with E-state index in [0.717, 1.165) is 0 Å². The summed E-state index contributed by atoms with van der Waals surface area (Å²) in [5.41, 5.74) is 1.32. The van der Waals surface area contributed by atoms with Crippen molar-refractivity contribution in [3.05, 3.63) is 29.8 Å². The van der Waals surface area contributed by atoms with Crippen molar-refractivity contribution in [1.82, 2.24) is 5.32 Å². The van der Waals surface area contributed by atoms with Gasteiger partial charge in [-0.3, -0.25) is 9.69 Å². The van der Waals surface area contributed by atoms with Crippen molar-refractivity contribution < 1.29 is 14.7 Å². The Kier molecular flexibility index (Phi) is 3.71. The van der Waals surface area contributed by atoms with Gasteiger partial charge >= 0.3 is 12.0 Å². The Balaban J connectivity index is 2.21. The van der Waals surface area contributed by atoms with Crippen LogP contribution < -0.4 is 10.2 Å². The number of amides is 2. The van der Waals surface area contributed by atoms with E-state index in [1.165, 1.54) is 4.90 Å². The molecule has 1 aromatic rings. The van der Waals surface area contributed by atoms with E-state index in [4.69, 9.17) is 0 Å². The van der Waals surface area contributed by atoms with E-state index in [0.29, 0.717) is 11.3 Å². The molecule has 1 unspecified atom stereocenters. The molecule has 0 saturated carbocycles. The molecule has 1 aliphatic heterocycles. The minimum Gasteiger partial charge on any atom is -0.481 e. The lowest BCUT2D eigenvalue weighted by atomic mass is 10.0. The minimum atomic E-state index is -0.920. The van der Waals surface area contributed by atoms with Crippen LogP contribution >= 0.6 is 0 Å². The SMILES string of the molecule is CC#CCNC(=O)N1CC(C(=O)O)c2ccccc21. The highest BCUT2D eigenvalue weighted by Crippen LogP contribution is 2.36. The minimum absolute atomic E-state index is 0.153. The van der Waals surface area contributed by atoms with Gasteiger partial charge in [-0.25, -0.2) is 4.79 Å². The van der Waals surface area contributed by atoms with Crippen LogP contribution in [0.3, 0.4) is 0 Å². The van der Waals surface area contributed by atoms with Gasteiger partial charge in [-0.1, -0.05) is 24.1 Å². The molecular formula is C14H14N2O3. The molecule has 0 fully saturated rings. The Hall–Kier alpha value is -2.48. The third kappa shape index (κ3) is 2.52. The molecule has 2 amide bonds. The molecular weight excluding hydrogens is 244 g/mol. The van der Waals surface area contributed by atoms with Crippen molar-refractivity contribution in [3.8, 4) is 11.8 Å². The second kappa shape index (κ2) is 5.44. The number of para-hydroxylation sites is 1. The lowest BCUT2D eigenvalue weighted by Crippen LogP contribution is -2.40. The number of aliphatic carboxylic acids is 1. The Bertz CT molecular complexity index is 572. The zero-order valence-electron chi connectivity index (χ0n) is 10.5. The van der Waals surface area contributed by atoms with Gasteiger partial charge in [0, 0.05) is 12.2 Å². The van der Waals surface area contributed by atoms with Crippen molar-refractivity contribution in [2.24, 2.45) is 0 Å². The van der Waals surface area contributed by atoms with Crippen LogP contribution in [0.5, 0.6) is 0 Å². The molecule has 1 atom stereocenters. The summed E-state index contributed by atoms with van der Waals surface area (Å²) in [5.74, 6) is 3.83. The molecule has 2 N–H and O–H groups in total. The van der Waals surface area contributed by atoms with E-state index in [9.17, 15) is 14.7 Å². The van der Waals surface area contributed by atoms with Crippen LogP contribution in [0.4, 0.5) is 10.5 Å². The zero-order chi connectivity index (χ0) is 13.8. The van der Waals surface area contributed by atoms with E-state index < -0.39 is 11.9 Å². The monoisotopic (exact) mass is 258 g/mol. The first-order chi connectivity index (χ1) is 9.15. The van der Waals surface area contributed by atoms with Gasteiger partial charge in [0.1, 0.15) is 5.92 Å². The Morgan fingerprint density at radius 2 is 2.21 bits per heavy atom. The first-order valence-electron chi connectivity index (χ1n) is 5.92. The molecule has 19 heavy (non-hydrogen) atoms. The predicted octanol–water partition coefficient (Wildman–Crippen LogP) is 1.41. The number of hydrogen-bond acceptors (Lipinski definition) is 2. The van der Waals surface area contributed by atoms with Gasteiger partial charge in [-0.05, 0) is 18.6 Å². The number of fused-ring (bicyclic) bond motifs is 1. The quantitative estimate of drug-likeness (QED) is 0.788. The fourth-order valence-corrected chi connectivity index (χ4v) is 2.11. The maximum atomic E-state index is 12.0. The number of nitrogens with zero attached hydrogens (tertiary/aromatic N) is 1. The summed E-state index contributed by atoms with van der Waals surface area (Å²) in [6.07, 6.45) is 0. The Labute approximate surface area is 111 Å². The fraction of sp³-hybridized carbons (Fsp3) is 0.286. The molecule has 0 aliphatic carbocycles. The molecule has 0 saturated heterocycles. The molecule has 98 valence electrons. The maximum absolute atomic E-state index is 12.0. The lowest BCUT2D eigenvalue weighted by molar-refractivity contribution is -0.138. The second-order valence-corrected chi connectivity index (χ2v) is 4.15. The molecule has 0 aromatic heterocycles. The number of nitrogens with one attached hydrogen (secondary N) is 1. The number of rotatable bonds is 2. The summed E-state index contributed by atoms with van der Waals surface area (Å²) < 4.78 is 0. The highest BCUT2D eigenvalue weighted by atomic mass is 16.4. The highest BCUT2D eigenvalue weighted by Gasteiger charge is 2.36. The number of hydrogen-bond donors (Lipinski definition) is 2. The van der Waals surface area contributed by atoms with Gasteiger partial charge in [0.2, 0.25) is 0 Å². The van der Waals surface area contributed by atoms with E-state index in [1.54, 1.807) is 31.2 Å². The molecule has 1 heterocycles. The van der Waals surface area contributed by atoms with Crippen LogP contribution in [0.25, 0.3) is 0 Å². The third-order valence-corrected chi connectivity index (χ3v) is 3.02. The van der Waals surface area contributed by atoms with E-state index in [-0.39, 0.29) is 19.1 Å². The van der Waals surface area contributed by atoms with Crippen molar-refractivity contribution in [3.63, 3.8) is 0 Å². The number of anilines is 1. The van der Waals surface area contributed by atoms with Crippen LogP contribution in [0.1, 0.15) is 18.4 Å². The number of benzene rings is 1. The normalized spacial score (nSPS) is 16.3. The average molecular weight is 258 g/mol. The highest BCUT2D eigenvalue weighted by molar-refractivity contribution is 5.98. The zero-order valence-corrected chi connectivity index (χ0v) is 10.5. The number of urea groups is 1. The Morgan fingerprint density at radius 3 is 2.89 bits per heavy atom. The van der Waals surface area contributed by atoms with Gasteiger partial charge in [0.15, 0.2) is 0 Å². The molecule has 1 aliphatic rings. The van der Waals surface area contributed by atoms with Crippen molar-refractivity contribution in [2.45, 2.75) is 12.8 Å². The fourth-order valence-electron chi connectivity index (χ4n) is 2.11.